The smallest absolute Gasteiger partial charge is 0.420 e. The molecule has 0 atom stereocenters. The first kappa shape index (κ1) is 18.6. The number of nitrogens with one attached hydrogen (secondary N) is 1. The van der Waals surface area contributed by atoms with Crippen LogP contribution in [0.15, 0.2) is 24.4 Å². The Morgan fingerprint density at radius 2 is 2.12 bits per heavy atom. The summed E-state index contributed by atoms with van der Waals surface area (Å²) in [4.78, 5) is 21.3. The molecule has 3 N–H and O–H groups in total. The Hall–Kier alpha value is -2.74. The number of rotatable bonds is 3. The van der Waals surface area contributed by atoms with E-state index in [1.54, 1.807) is 20.8 Å². The van der Waals surface area contributed by atoms with Crippen LogP contribution < -0.4 is 10.6 Å². The zero-order chi connectivity index (χ0) is 18.8. The second-order valence-electron chi connectivity index (χ2n) is 6.08. The van der Waals surface area contributed by atoms with E-state index in [-0.39, 0.29) is 28.0 Å². The van der Waals surface area contributed by atoms with Crippen LogP contribution in [0.1, 0.15) is 26.3 Å². The maximum absolute atomic E-state index is 14.5. The summed E-state index contributed by atoms with van der Waals surface area (Å²) in [7, 11) is 0. The predicted molar refractivity (Wildman–Crippen MR) is 94.1 cm³/mol. The van der Waals surface area contributed by atoms with Gasteiger partial charge < -0.3 is 15.9 Å². The highest BCUT2D eigenvalue weighted by atomic mass is 35.5. The number of carbonyl (C=O) groups is 1. The van der Waals surface area contributed by atoms with Gasteiger partial charge in [0.1, 0.15) is 17.2 Å². The van der Waals surface area contributed by atoms with E-state index >= 15 is 0 Å². The molecule has 0 aliphatic rings. The number of nitrogens with zero attached hydrogens (tertiary/aromatic N) is 3. The van der Waals surface area contributed by atoms with Crippen LogP contribution >= 0.6 is 11.6 Å². The standard InChI is InChI=1S/C16H17ClFN5O2/c1-16(2,3)25-15(24)23(13-4-5-21-14(17)22-13)12-6-9(8-19)11(20)7-10(12)18/h4-8,19H,20H2,1-3H3. The summed E-state index contributed by atoms with van der Waals surface area (Å²) in [6.45, 7) is 5.04. The van der Waals surface area contributed by atoms with Gasteiger partial charge in [-0.05, 0) is 44.5 Å². The summed E-state index contributed by atoms with van der Waals surface area (Å²) in [5.74, 6) is -0.752. The van der Waals surface area contributed by atoms with Gasteiger partial charge in [0, 0.05) is 29.7 Å². The molecule has 25 heavy (non-hydrogen) atoms. The van der Waals surface area contributed by atoms with Gasteiger partial charge in [-0.1, -0.05) is 0 Å². The van der Waals surface area contributed by atoms with Gasteiger partial charge in [-0.25, -0.2) is 19.1 Å². The molecule has 0 fully saturated rings. The maximum Gasteiger partial charge on any atom is 0.420 e. The van der Waals surface area contributed by atoms with Crippen molar-refractivity contribution in [2.75, 3.05) is 10.6 Å². The van der Waals surface area contributed by atoms with E-state index in [0.29, 0.717) is 0 Å². The van der Waals surface area contributed by atoms with Gasteiger partial charge in [-0.2, -0.15) is 4.98 Å². The fourth-order valence-electron chi connectivity index (χ4n) is 1.96. The van der Waals surface area contributed by atoms with Gasteiger partial charge in [0.15, 0.2) is 0 Å². The molecular formula is C16H17ClFN5O2. The minimum absolute atomic E-state index is 0.0221. The quantitative estimate of drug-likeness (QED) is 0.487. The van der Waals surface area contributed by atoms with Gasteiger partial charge in [0.2, 0.25) is 5.28 Å². The van der Waals surface area contributed by atoms with Crippen molar-refractivity contribution in [3.63, 3.8) is 0 Å². The molecule has 2 rings (SSSR count). The largest absolute Gasteiger partial charge is 0.443 e. The molecule has 1 heterocycles. The normalized spacial score (nSPS) is 11.1. The summed E-state index contributed by atoms with van der Waals surface area (Å²) < 4.78 is 19.9. The lowest BCUT2D eigenvalue weighted by atomic mass is 10.1. The first-order valence-electron chi connectivity index (χ1n) is 7.23. The average molecular weight is 366 g/mol. The van der Waals surface area contributed by atoms with Gasteiger partial charge in [-0.15, -0.1) is 0 Å². The second-order valence-corrected chi connectivity index (χ2v) is 6.41. The number of aromatic nitrogens is 2. The SMILES string of the molecule is CC(C)(C)OC(=O)N(c1ccnc(Cl)n1)c1cc(C=N)c(N)cc1F. The molecule has 9 heteroatoms. The number of anilines is 3. The molecule has 1 aromatic heterocycles. The molecule has 0 saturated carbocycles. The highest BCUT2D eigenvalue weighted by Crippen LogP contribution is 2.31. The van der Waals surface area contributed by atoms with Crippen LogP contribution in [0.5, 0.6) is 0 Å². The number of nitrogens with two attached hydrogens (primary N) is 1. The predicted octanol–water partition coefficient (Wildman–Crippen LogP) is 3.92. The average Bonchev–Trinajstić information content (AvgIpc) is 2.48. The Bertz CT molecular complexity index is 823. The minimum Gasteiger partial charge on any atom is -0.443 e. The van der Waals surface area contributed by atoms with E-state index in [4.69, 9.17) is 27.5 Å². The summed E-state index contributed by atoms with van der Waals surface area (Å²) in [5.41, 5.74) is 4.99. The molecule has 132 valence electrons. The maximum atomic E-state index is 14.5. The highest BCUT2D eigenvalue weighted by Gasteiger charge is 2.28. The molecule has 0 spiro atoms. The number of carbonyl (C=O) groups excluding carboxylic acids is 1. The monoisotopic (exact) mass is 365 g/mol. The number of amides is 1. The number of hydrogen-bond acceptors (Lipinski definition) is 6. The van der Waals surface area contributed by atoms with Crippen LogP contribution in [-0.2, 0) is 4.74 Å². The molecule has 2 aromatic rings. The highest BCUT2D eigenvalue weighted by molar-refractivity contribution is 6.28. The zero-order valence-corrected chi connectivity index (χ0v) is 14.6. The van der Waals surface area contributed by atoms with Gasteiger partial charge in [0.05, 0.1) is 5.69 Å². The molecule has 7 nitrogen and oxygen atoms in total. The van der Waals surface area contributed by atoms with Crippen LogP contribution in [0.2, 0.25) is 5.28 Å². The summed E-state index contributed by atoms with van der Waals surface area (Å²) in [6, 6.07) is 3.67. The van der Waals surface area contributed by atoms with E-state index in [9.17, 15) is 9.18 Å². The van der Waals surface area contributed by atoms with E-state index < -0.39 is 17.5 Å². The van der Waals surface area contributed by atoms with Crippen molar-refractivity contribution < 1.29 is 13.9 Å². The van der Waals surface area contributed by atoms with Crippen molar-refractivity contribution in [2.45, 2.75) is 26.4 Å². The van der Waals surface area contributed by atoms with E-state index in [1.807, 2.05) is 0 Å². The van der Waals surface area contributed by atoms with Gasteiger partial charge in [-0.3, -0.25) is 0 Å². The molecule has 0 radical (unpaired) electrons. The Morgan fingerprint density at radius 1 is 1.44 bits per heavy atom. The van der Waals surface area contributed by atoms with Crippen LogP contribution in [0.3, 0.4) is 0 Å². The fourth-order valence-corrected chi connectivity index (χ4v) is 2.11. The van der Waals surface area contributed by atoms with Crippen molar-refractivity contribution in [2.24, 2.45) is 0 Å². The lowest BCUT2D eigenvalue weighted by Crippen LogP contribution is -2.35. The van der Waals surface area contributed by atoms with Crippen molar-refractivity contribution >= 4 is 41.1 Å². The third-order valence-electron chi connectivity index (χ3n) is 2.97. The molecule has 1 amide bonds. The topological polar surface area (TPSA) is 105 Å². The molecule has 1 aromatic carbocycles. The van der Waals surface area contributed by atoms with Crippen LogP contribution in [0, 0.1) is 11.2 Å². The molecule has 0 saturated heterocycles. The Kier molecular flexibility index (Phi) is 5.22. The fraction of sp³-hybridized carbons (Fsp3) is 0.250. The Labute approximate surface area is 149 Å². The van der Waals surface area contributed by atoms with E-state index in [2.05, 4.69) is 9.97 Å². The molecule has 0 unspecified atom stereocenters. The van der Waals surface area contributed by atoms with Crippen LogP contribution in [0.4, 0.5) is 26.4 Å². The lowest BCUT2D eigenvalue weighted by molar-refractivity contribution is 0.0597. The minimum atomic E-state index is -0.859. The van der Waals surface area contributed by atoms with E-state index in [1.165, 1.54) is 18.3 Å². The Balaban J connectivity index is 2.63. The third-order valence-corrected chi connectivity index (χ3v) is 3.15. The second kappa shape index (κ2) is 7.02. The number of benzene rings is 1. The molecule has 0 bridgehead atoms. The first-order valence-corrected chi connectivity index (χ1v) is 7.61. The van der Waals surface area contributed by atoms with Gasteiger partial charge in [0.25, 0.3) is 0 Å². The van der Waals surface area contributed by atoms with Crippen molar-refractivity contribution in [3.05, 3.63) is 41.1 Å². The lowest BCUT2D eigenvalue weighted by Gasteiger charge is -2.27. The summed E-state index contributed by atoms with van der Waals surface area (Å²) >= 11 is 5.79. The molecule has 0 aliphatic heterocycles. The first-order chi connectivity index (χ1) is 11.6. The van der Waals surface area contributed by atoms with E-state index in [0.717, 1.165) is 17.2 Å². The molecular weight excluding hydrogens is 349 g/mol. The number of halogens is 2. The zero-order valence-electron chi connectivity index (χ0n) is 13.9. The number of nitrogen functional groups attached to an aromatic ring is 1. The summed E-state index contributed by atoms with van der Waals surface area (Å²) in [6.07, 6.45) is 1.43. The summed E-state index contributed by atoms with van der Waals surface area (Å²) in [5, 5.41) is 7.26. The van der Waals surface area contributed by atoms with Crippen molar-refractivity contribution in [1.82, 2.24) is 9.97 Å². The number of ether oxygens (including phenoxy) is 1. The molecule has 0 aliphatic carbocycles. The van der Waals surface area contributed by atoms with Crippen molar-refractivity contribution in [1.29, 1.82) is 5.41 Å². The third kappa shape index (κ3) is 4.42. The van der Waals surface area contributed by atoms with Crippen molar-refractivity contribution in [3.8, 4) is 0 Å². The Morgan fingerprint density at radius 3 is 2.68 bits per heavy atom. The van der Waals surface area contributed by atoms with Crippen LogP contribution in [-0.4, -0.2) is 27.9 Å². The number of hydrogen-bond donors (Lipinski definition) is 2. The van der Waals surface area contributed by atoms with Crippen LogP contribution in [0.25, 0.3) is 0 Å². The van der Waals surface area contributed by atoms with Gasteiger partial charge >= 0.3 is 6.09 Å².